The van der Waals surface area contributed by atoms with Crippen LogP contribution >= 0.6 is 0 Å². The summed E-state index contributed by atoms with van der Waals surface area (Å²) in [5.74, 6) is 0.735. The minimum atomic E-state index is 0.00435. The van der Waals surface area contributed by atoms with E-state index in [2.05, 4.69) is 23.3 Å². The predicted molar refractivity (Wildman–Crippen MR) is 77.3 cm³/mol. The third kappa shape index (κ3) is 3.70. The zero-order valence-electron chi connectivity index (χ0n) is 11.8. The highest BCUT2D eigenvalue weighted by Crippen LogP contribution is 2.28. The monoisotopic (exact) mass is 272 g/mol. The first kappa shape index (κ1) is 14.3. The Hall–Kier alpha value is -2.09. The first-order valence-corrected chi connectivity index (χ1v) is 7.14. The van der Waals surface area contributed by atoms with Crippen molar-refractivity contribution in [3.8, 4) is 6.07 Å². The van der Waals surface area contributed by atoms with Crippen molar-refractivity contribution in [3.63, 3.8) is 0 Å². The molecule has 0 aliphatic heterocycles. The van der Waals surface area contributed by atoms with Crippen LogP contribution in [0.2, 0.25) is 0 Å². The van der Waals surface area contributed by atoms with Gasteiger partial charge in [0.15, 0.2) is 0 Å². The van der Waals surface area contributed by atoms with Gasteiger partial charge in [-0.05, 0) is 31.4 Å². The number of nitrogens with one attached hydrogen (secondary N) is 1. The molecule has 106 valence electrons. The summed E-state index contributed by atoms with van der Waals surface area (Å²) in [6.07, 6.45) is 5.14. The molecule has 1 amide bonds. The summed E-state index contributed by atoms with van der Waals surface area (Å²) in [6.45, 7) is 3.43. The maximum Gasteiger partial charge on any atom is 0.254 e. The van der Waals surface area contributed by atoms with E-state index in [0.717, 1.165) is 31.6 Å². The van der Waals surface area contributed by atoms with E-state index in [4.69, 9.17) is 5.26 Å². The lowest BCUT2D eigenvalue weighted by atomic mass is 10.2. The molecule has 0 radical (unpaired) electrons. The van der Waals surface area contributed by atoms with Crippen LogP contribution in [-0.4, -0.2) is 34.9 Å². The van der Waals surface area contributed by atoms with Crippen molar-refractivity contribution in [2.24, 2.45) is 0 Å². The zero-order valence-corrected chi connectivity index (χ0v) is 11.8. The van der Waals surface area contributed by atoms with Crippen molar-refractivity contribution in [1.82, 2.24) is 9.88 Å². The fourth-order valence-electron chi connectivity index (χ4n) is 2.09. The van der Waals surface area contributed by atoms with Gasteiger partial charge in [-0.3, -0.25) is 4.79 Å². The molecule has 0 aromatic carbocycles. The van der Waals surface area contributed by atoms with Crippen LogP contribution in [0.5, 0.6) is 0 Å². The minimum absolute atomic E-state index is 0.00435. The highest BCUT2D eigenvalue weighted by molar-refractivity contribution is 5.95. The molecule has 0 saturated heterocycles. The Balaban J connectivity index is 2.08. The van der Waals surface area contributed by atoms with E-state index in [1.807, 2.05) is 4.90 Å². The topological polar surface area (TPSA) is 69.0 Å². The first-order chi connectivity index (χ1) is 9.76. The van der Waals surface area contributed by atoms with Gasteiger partial charge in [0.05, 0.1) is 12.5 Å². The highest BCUT2D eigenvalue weighted by atomic mass is 16.2. The number of nitrogens with zero attached hydrogens (tertiary/aromatic N) is 3. The van der Waals surface area contributed by atoms with Crippen LogP contribution in [0.1, 0.15) is 43.0 Å². The normalized spacial score (nSPS) is 13.6. The minimum Gasteiger partial charge on any atom is -0.370 e. The Bertz CT molecular complexity index is 505. The summed E-state index contributed by atoms with van der Waals surface area (Å²) in [7, 11) is 0. The van der Waals surface area contributed by atoms with E-state index >= 15 is 0 Å². The number of pyridine rings is 1. The molecule has 2 rings (SSSR count). The lowest BCUT2D eigenvalue weighted by molar-refractivity contribution is 0.0747. The predicted octanol–water partition coefficient (Wildman–Crippen LogP) is 2.42. The molecule has 0 atom stereocenters. The Morgan fingerprint density at radius 1 is 1.60 bits per heavy atom. The van der Waals surface area contributed by atoms with E-state index < -0.39 is 0 Å². The molecule has 1 aromatic rings. The van der Waals surface area contributed by atoms with E-state index in [0.29, 0.717) is 24.6 Å². The summed E-state index contributed by atoms with van der Waals surface area (Å²) in [5, 5.41) is 11.9. The maximum absolute atomic E-state index is 12.5. The third-order valence-electron chi connectivity index (χ3n) is 3.28. The highest BCUT2D eigenvalue weighted by Gasteiger charge is 2.32. The standard InChI is InChI=1S/C15H20N4O/c1-2-8-17-14-11-12(6-9-18-14)15(20)19(10-3-7-16)13-4-5-13/h6,9,11,13H,2-5,8,10H2,1H3,(H,17,18). The van der Waals surface area contributed by atoms with Crippen molar-refractivity contribution in [3.05, 3.63) is 23.9 Å². The average Bonchev–Trinajstić information content (AvgIpc) is 3.30. The molecule has 1 aliphatic carbocycles. The molecule has 1 aromatic heterocycles. The smallest absolute Gasteiger partial charge is 0.254 e. The second-order valence-corrected chi connectivity index (χ2v) is 4.99. The van der Waals surface area contributed by atoms with Crippen molar-refractivity contribution in [1.29, 1.82) is 5.26 Å². The molecular formula is C15H20N4O. The van der Waals surface area contributed by atoms with Gasteiger partial charge in [0.2, 0.25) is 0 Å². The van der Waals surface area contributed by atoms with Crippen LogP contribution < -0.4 is 5.32 Å². The van der Waals surface area contributed by atoms with E-state index in [-0.39, 0.29) is 5.91 Å². The number of anilines is 1. The molecule has 1 fully saturated rings. The van der Waals surface area contributed by atoms with Gasteiger partial charge in [0.1, 0.15) is 5.82 Å². The number of aromatic nitrogens is 1. The molecule has 20 heavy (non-hydrogen) atoms. The molecule has 0 bridgehead atoms. The summed E-state index contributed by atoms with van der Waals surface area (Å²) < 4.78 is 0. The zero-order chi connectivity index (χ0) is 14.4. The second-order valence-electron chi connectivity index (χ2n) is 4.99. The van der Waals surface area contributed by atoms with Gasteiger partial charge >= 0.3 is 0 Å². The fraction of sp³-hybridized carbons (Fsp3) is 0.533. The number of nitriles is 1. The summed E-state index contributed by atoms with van der Waals surface area (Å²) >= 11 is 0. The van der Waals surface area contributed by atoms with Crippen molar-refractivity contribution in [2.45, 2.75) is 38.6 Å². The van der Waals surface area contributed by atoms with Crippen molar-refractivity contribution < 1.29 is 4.79 Å². The van der Waals surface area contributed by atoms with Gasteiger partial charge < -0.3 is 10.2 Å². The Morgan fingerprint density at radius 2 is 2.40 bits per heavy atom. The summed E-state index contributed by atoms with van der Waals surface area (Å²) in [4.78, 5) is 18.5. The Kier molecular flexibility index (Phi) is 4.94. The maximum atomic E-state index is 12.5. The first-order valence-electron chi connectivity index (χ1n) is 7.14. The molecule has 5 heteroatoms. The van der Waals surface area contributed by atoms with Gasteiger partial charge in [0, 0.05) is 30.9 Å². The Morgan fingerprint density at radius 3 is 3.05 bits per heavy atom. The van der Waals surface area contributed by atoms with Gasteiger partial charge in [0.25, 0.3) is 5.91 Å². The van der Waals surface area contributed by atoms with Crippen LogP contribution in [0.25, 0.3) is 0 Å². The number of rotatable bonds is 7. The summed E-state index contributed by atoms with van der Waals surface area (Å²) in [5.41, 5.74) is 0.642. The van der Waals surface area contributed by atoms with E-state index in [1.165, 1.54) is 0 Å². The van der Waals surface area contributed by atoms with Crippen LogP contribution in [0, 0.1) is 11.3 Å². The Labute approximate surface area is 119 Å². The molecule has 0 spiro atoms. The van der Waals surface area contributed by atoms with E-state index in [1.54, 1.807) is 18.3 Å². The van der Waals surface area contributed by atoms with Gasteiger partial charge in [-0.2, -0.15) is 5.26 Å². The molecule has 1 saturated carbocycles. The average molecular weight is 272 g/mol. The number of hydrogen-bond donors (Lipinski definition) is 1. The van der Waals surface area contributed by atoms with Crippen molar-refractivity contribution in [2.75, 3.05) is 18.4 Å². The van der Waals surface area contributed by atoms with Crippen LogP contribution in [0.4, 0.5) is 5.82 Å². The van der Waals surface area contributed by atoms with Crippen LogP contribution in [-0.2, 0) is 0 Å². The van der Waals surface area contributed by atoms with E-state index in [9.17, 15) is 4.79 Å². The van der Waals surface area contributed by atoms with Gasteiger partial charge in [-0.1, -0.05) is 6.92 Å². The lowest BCUT2D eigenvalue weighted by Gasteiger charge is -2.21. The summed E-state index contributed by atoms with van der Waals surface area (Å²) in [6, 6.07) is 5.95. The molecule has 1 heterocycles. The second kappa shape index (κ2) is 6.90. The van der Waals surface area contributed by atoms with Crippen LogP contribution in [0.15, 0.2) is 18.3 Å². The molecular weight excluding hydrogens is 252 g/mol. The van der Waals surface area contributed by atoms with Gasteiger partial charge in [-0.15, -0.1) is 0 Å². The van der Waals surface area contributed by atoms with Crippen LogP contribution in [0.3, 0.4) is 0 Å². The van der Waals surface area contributed by atoms with Gasteiger partial charge in [-0.25, -0.2) is 4.98 Å². The number of carbonyl (C=O) groups is 1. The quantitative estimate of drug-likeness (QED) is 0.827. The molecule has 0 unspecified atom stereocenters. The SMILES string of the molecule is CCCNc1cc(C(=O)N(CCC#N)C2CC2)ccn1. The number of hydrogen-bond acceptors (Lipinski definition) is 4. The molecule has 5 nitrogen and oxygen atoms in total. The fourth-order valence-corrected chi connectivity index (χ4v) is 2.09. The largest absolute Gasteiger partial charge is 0.370 e. The number of carbonyl (C=O) groups excluding carboxylic acids is 1. The third-order valence-corrected chi connectivity index (χ3v) is 3.28. The molecule has 1 aliphatic rings. The molecule has 1 N–H and O–H groups in total. The van der Waals surface area contributed by atoms with Crippen molar-refractivity contribution >= 4 is 11.7 Å². The number of amides is 1. The lowest BCUT2D eigenvalue weighted by Crippen LogP contribution is -2.34.